The molecule has 0 fully saturated rings. The highest BCUT2D eigenvalue weighted by Crippen LogP contribution is 2.42. The van der Waals surface area contributed by atoms with Gasteiger partial charge in [0.25, 0.3) is 0 Å². The summed E-state index contributed by atoms with van der Waals surface area (Å²) in [6, 6.07) is 17.3. The number of nitrogens with zero attached hydrogens (tertiary/aromatic N) is 1. The lowest BCUT2D eigenvalue weighted by molar-refractivity contribution is 0.0635. The number of halogens is 1. The van der Waals surface area contributed by atoms with Crippen molar-refractivity contribution < 1.29 is 14.6 Å². The summed E-state index contributed by atoms with van der Waals surface area (Å²) in [5.41, 5.74) is 2.47. The molecule has 2 aromatic carbocycles. The van der Waals surface area contributed by atoms with Gasteiger partial charge in [0, 0.05) is 36.8 Å². The Labute approximate surface area is 256 Å². The van der Waals surface area contributed by atoms with E-state index < -0.39 is 17.3 Å². The Balaban J connectivity index is 1.78. The topological polar surface area (TPSA) is 83.5 Å². The number of carbonyl (C=O) groups is 1. The molecule has 0 bridgehead atoms. The number of nitrogens with one attached hydrogen (secondary N) is 2. The molecule has 0 saturated heterocycles. The summed E-state index contributed by atoms with van der Waals surface area (Å²) in [4.78, 5) is 18.2. The first-order valence-corrected chi connectivity index (χ1v) is 15.5. The van der Waals surface area contributed by atoms with Gasteiger partial charge in [-0.1, -0.05) is 41.7 Å². The lowest BCUT2D eigenvalue weighted by Crippen LogP contribution is -2.27. The molecule has 218 valence electrons. The van der Waals surface area contributed by atoms with E-state index in [2.05, 4.69) is 54.0 Å². The second-order valence-electron chi connectivity index (χ2n) is 12.5. The van der Waals surface area contributed by atoms with Crippen LogP contribution in [0.1, 0.15) is 77.4 Å². The lowest BCUT2D eigenvalue weighted by atomic mass is 9.97. The van der Waals surface area contributed by atoms with E-state index in [0.717, 1.165) is 37.3 Å². The molecular weight excluding hydrogens is 574 g/mol. The summed E-state index contributed by atoms with van der Waals surface area (Å²) in [6.07, 6.45) is 1.22. The quantitative estimate of drug-likeness (QED) is 0.181. The standard InChI is InChI=1S/C32H38ClN3O3S2/c1-30(2,3)39-29(37)35-21-12-13-24(33)23(18-21)27(36-41-31(4,5)6)26-16-19-10-9-11-22(28(19)40-26)25-17-20(14-15-34-25)32(7,8)38/h9-18,27,36,38H,1-8H3,(H,35,37). The van der Waals surface area contributed by atoms with Crippen LogP contribution in [0.2, 0.25) is 5.02 Å². The van der Waals surface area contributed by atoms with Crippen LogP contribution in [0.3, 0.4) is 0 Å². The molecule has 3 N–H and O–H groups in total. The first-order chi connectivity index (χ1) is 19.0. The molecule has 1 unspecified atom stereocenters. The summed E-state index contributed by atoms with van der Waals surface area (Å²) in [5, 5.41) is 15.1. The summed E-state index contributed by atoms with van der Waals surface area (Å²) < 4.78 is 10.1. The largest absolute Gasteiger partial charge is 0.444 e. The van der Waals surface area contributed by atoms with Gasteiger partial charge in [-0.25, -0.2) is 4.79 Å². The van der Waals surface area contributed by atoms with Crippen molar-refractivity contribution in [3.8, 4) is 11.3 Å². The smallest absolute Gasteiger partial charge is 0.412 e. The van der Waals surface area contributed by atoms with Gasteiger partial charge in [0.1, 0.15) is 5.60 Å². The Morgan fingerprint density at radius 2 is 1.76 bits per heavy atom. The van der Waals surface area contributed by atoms with Crippen LogP contribution in [0.25, 0.3) is 21.3 Å². The zero-order chi connectivity index (χ0) is 30.2. The number of fused-ring (bicyclic) bond motifs is 1. The van der Waals surface area contributed by atoms with E-state index in [1.807, 2.05) is 45.0 Å². The fourth-order valence-corrected chi connectivity index (χ4v) is 6.44. The molecule has 4 rings (SSSR count). The third kappa shape index (κ3) is 8.23. The van der Waals surface area contributed by atoms with E-state index in [1.54, 1.807) is 55.5 Å². The third-order valence-electron chi connectivity index (χ3n) is 6.03. The van der Waals surface area contributed by atoms with Crippen molar-refractivity contribution in [3.63, 3.8) is 0 Å². The van der Waals surface area contributed by atoms with Gasteiger partial charge in [-0.15, -0.1) is 11.3 Å². The van der Waals surface area contributed by atoms with Crippen molar-refractivity contribution in [2.24, 2.45) is 0 Å². The predicted molar refractivity (Wildman–Crippen MR) is 174 cm³/mol. The van der Waals surface area contributed by atoms with E-state index in [-0.39, 0.29) is 10.8 Å². The van der Waals surface area contributed by atoms with Crippen LogP contribution in [0.4, 0.5) is 10.5 Å². The molecule has 2 heterocycles. The maximum absolute atomic E-state index is 12.5. The van der Waals surface area contributed by atoms with Gasteiger partial charge in [0.05, 0.1) is 17.3 Å². The molecule has 0 saturated carbocycles. The van der Waals surface area contributed by atoms with Crippen LogP contribution in [-0.2, 0) is 10.3 Å². The summed E-state index contributed by atoms with van der Waals surface area (Å²) in [6.45, 7) is 15.5. The molecule has 0 aliphatic heterocycles. The van der Waals surface area contributed by atoms with Crippen molar-refractivity contribution in [3.05, 3.63) is 81.8 Å². The maximum atomic E-state index is 12.5. The second-order valence-corrected chi connectivity index (χ2v) is 15.6. The van der Waals surface area contributed by atoms with Crippen LogP contribution in [0.5, 0.6) is 0 Å². The first kappa shape index (κ1) is 31.3. The fraction of sp³-hybridized carbons (Fsp3) is 0.375. The van der Waals surface area contributed by atoms with E-state index in [0.29, 0.717) is 10.7 Å². The number of aliphatic hydroxyl groups is 1. The van der Waals surface area contributed by atoms with Crippen LogP contribution in [-0.4, -0.2) is 26.5 Å². The minimum atomic E-state index is -0.972. The zero-order valence-corrected chi connectivity index (χ0v) is 27.1. The molecule has 1 atom stereocenters. The summed E-state index contributed by atoms with van der Waals surface area (Å²) in [5.74, 6) is 0. The molecular formula is C32H38ClN3O3S2. The Kier molecular flexibility index (Phi) is 9.12. The SMILES string of the molecule is CC(C)(C)OC(=O)Nc1ccc(Cl)c(C(NSC(C)(C)C)c2cc3cccc(-c4cc(C(C)(C)O)ccn4)c3s2)c1. The number of rotatable bonds is 7. The number of hydrogen-bond donors (Lipinski definition) is 3. The molecule has 0 aliphatic rings. The number of pyridine rings is 1. The Morgan fingerprint density at radius 1 is 1.02 bits per heavy atom. The highest BCUT2D eigenvalue weighted by Gasteiger charge is 2.25. The molecule has 2 aromatic heterocycles. The predicted octanol–water partition coefficient (Wildman–Crippen LogP) is 9.32. The number of amides is 1. The van der Waals surface area contributed by atoms with Gasteiger partial charge in [-0.2, -0.15) is 0 Å². The van der Waals surface area contributed by atoms with Crippen molar-refractivity contribution in [2.45, 2.75) is 77.4 Å². The summed E-state index contributed by atoms with van der Waals surface area (Å²) >= 11 is 10.1. The molecule has 9 heteroatoms. The summed E-state index contributed by atoms with van der Waals surface area (Å²) in [7, 11) is 0. The number of hydrogen-bond acceptors (Lipinski definition) is 7. The van der Waals surface area contributed by atoms with Gasteiger partial charge >= 0.3 is 6.09 Å². The molecule has 1 amide bonds. The average molecular weight is 612 g/mol. The molecule has 0 spiro atoms. The lowest BCUT2D eigenvalue weighted by Gasteiger charge is -2.25. The zero-order valence-electron chi connectivity index (χ0n) is 24.8. The number of thiophene rings is 1. The van der Waals surface area contributed by atoms with E-state index >= 15 is 0 Å². The van der Waals surface area contributed by atoms with Crippen LogP contribution >= 0.6 is 34.9 Å². The highest BCUT2D eigenvalue weighted by molar-refractivity contribution is 7.98. The van der Waals surface area contributed by atoms with Crippen molar-refractivity contribution in [2.75, 3.05) is 5.32 Å². The molecule has 41 heavy (non-hydrogen) atoms. The van der Waals surface area contributed by atoms with Gasteiger partial charge in [0.2, 0.25) is 0 Å². The van der Waals surface area contributed by atoms with Crippen molar-refractivity contribution in [1.82, 2.24) is 9.71 Å². The molecule has 6 nitrogen and oxygen atoms in total. The van der Waals surface area contributed by atoms with Crippen LogP contribution < -0.4 is 10.0 Å². The molecule has 0 aliphatic carbocycles. The number of aromatic nitrogens is 1. The van der Waals surface area contributed by atoms with Gasteiger partial charge < -0.3 is 9.84 Å². The van der Waals surface area contributed by atoms with Crippen molar-refractivity contribution >= 4 is 56.8 Å². The van der Waals surface area contributed by atoms with E-state index in [1.165, 1.54) is 0 Å². The monoisotopic (exact) mass is 611 g/mol. The van der Waals surface area contributed by atoms with Gasteiger partial charge in [-0.3, -0.25) is 15.0 Å². The highest BCUT2D eigenvalue weighted by atomic mass is 35.5. The Hall–Kier alpha value is -2.62. The second kappa shape index (κ2) is 11.9. The minimum Gasteiger partial charge on any atom is -0.444 e. The Morgan fingerprint density at radius 3 is 2.41 bits per heavy atom. The number of anilines is 1. The average Bonchev–Trinajstić information content (AvgIpc) is 3.28. The maximum Gasteiger partial charge on any atom is 0.412 e. The number of benzene rings is 2. The van der Waals surface area contributed by atoms with Gasteiger partial charge in [0.15, 0.2) is 0 Å². The minimum absolute atomic E-state index is 0.0552. The van der Waals surface area contributed by atoms with E-state index in [9.17, 15) is 9.90 Å². The normalized spacial score (nSPS) is 13.3. The molecule has 4 aromatic rings. The van der Waals surface area contributed by atoms with Gasteiger partial charge in [-0.05, 0) is 108 Å². The third-order valence-corrected chi connectivity index (χ3v) is 8.58. The fourth-order valence-electron chi connectivity index (χ4n) is 4.16. The van der Waals surface area contributed by atoms with Crippen LogP contribution in [0.15, 0.2) is 60.8 Å². The first-order valence-electron chi connectivity index (χ1n) is 13.4. The van der Waals surface area contributed by atoms with E-state index in [4.69, 9.17) is 16.3 Å². The van der Waals surface area contributed by atoms with Crippen molar-refractivity contribution in [1.29, 1.82) is 0 Å². The number of ether oxygens (including phenoxy) is 1. The van der Waals surface area contributed by atoms with Crippen LogP contribution in [0, 0.1) is 0 Å². The molecule has 0 radical (unpaired) electrons. The number of carbonyl (C=O) groups excluding carboxylic acids is 1. The Bertz CT molecular complexity index is 1550.